The molecular formula is C23H30F2N2O4. The topological polar surface area (TPSA) is 66.9 Å². The lowest BCUT2D eigenvalue weighted by Gasteiger charge is -2.41. The lowest BCUT2D eigenvalue weighted by molar-refractivity contribution is -0.160. The molecule has 0 unspecified atom stereocenters. The van der Waals surface area contributed by atoms with Gasteiger partial charge in [0.2, 0.25) is 11.8 Å². The Kier molecular flexibility index (Phi) is 7.62. The summed E-state index contributed by atoms with van der Waals surface area (Å²) in [4.78, 5) is 41.1. The van der Waals surface area contributed by atoms with E-state index in [1.54, 1.807) is 16.7 Å². The van der Waals surface area contributed by atoms with Crippen LogP contribution in [0.25, 0.3) is 0 Å². The van der Waals surface area contributed by atoms with E-state index in [-0.39, 0.29) is 43.4 Å². The van der Waals surface area contributed by atoms with Gasteiger partial charge in [-0.25, -0.2) is 8.78 Å². The molecule has 2 amide bonds. The van der Waals surface area contributed by atoms with E-state index in [4.69, 9.17) is 4.74 Å². The second kappa shape index (κ2) is 10.2. The Hall–Kier alpha value is -2.51. The first kappa shape index (κ1) is 23.2. The molecule has 0 aliphatic carbocycles. The Balaban J connectivity index is 1.72. The summed E-state index contributed by atoms with van der Waals surface area (Å²) in [5.74, 6) is -1.92. The summed E-state index contributed by atoms with van der Waals surface area (Å²) in [5, 5.41) is 0. The highest BCUT2D eigenvalue weighted by molar-refractivity contribution is 5.82. The quantitative estimate of drug-likeness (QED) is 0.616. The van der Waals surface area contributed by atoms with E-state index in [2.05, 4.69) is 0 Å². The van der Waals surface area contributed by atoms with Crippen LogP contribution < -0.4 is 0 Å². The zero-order chi connectivity index (χ0) is 22.4. The molecule has 2 heterocycles. The Morgan fingerprint density at radius 2 is 1.97 bits per heavy atom. The van der Waals surface area contributed by atoms with Gasteiger partial charge in [0.1, 0.15) is 11.6 Å². The highest BCUT2D eigenvalue weighted by Crippen LogP contribution is 2.36. The summed E-state index contributed by atoms with van der Waals surface area (Å²) >= 11 is 0. The van der Waals surface area contributed by atoms with Crippen molar-refractivity contribution in [2.45, 2.75) is 51.9 Å². The molecule has 8 heteroatoms. The molecule has 170 valence electrons. The fourth-order valence-electron chi connectivity index (χ4n) is 4.53. The summed E-state index contributed by atoms with van der Waals surface area (Å²) in [6, 6.07) is 3.31. The maximum Gasteiger partial charge on any atom is 0.314 e. The molecule has 3 rings (SSSR count). The number of carbonyl (C=O) groups is 3. The van der Waals surface area contributed by atoms with Gasteiger partial charge in [0.15, 0.2) is 0 Å². The number of hydrogen-bond donors (Lipinski definition) is 0. The van der Waals surface area contributed by atoms with Crippen molar-refractivity contribution in [2.75, 3.05) is 32.8 Å². The van der Waals surface area contributed by atoms with Crippen LogP contribution >= 0.6 is 0 Å². The molecule has 2 saturated heterocycles. The van der Waals surface area contributed by atoms with Crippen molar-refractivity contribution in [3.8, 4) is 0 Å². The van der Waals surface area contributed by atoms with Gasteiger partial charge in [0.25, 0.3) is 0 Å². The number of benzene rings is 1. The molecule has 0 aromatic heterocycles. The third-order valence-corrected chi connectivity index (χ3v) is 6.20. The first-order valence-corrected chi connectivity index (χ1v) is 11.0. The average molecular weight is 436 g/mol. The first-order chi connectivity index (χ1) is 14.8. The lowest BCUT2D eigenvalue weighted by Crippen LogP contribution is -2.52. The molecule has 0 N–H and O–H groups in total. The molecule has 1 aromatic carbocycles. The first-order valence-electron chi connectivity index (χ1n) is 11.0. The summed E-state index contributed by atoms with van der Waals surface area (Å²) in [5.41, 5.74) is -0.855. The maximum atomic E-state index is 14.3. The molecule has 0 bridgehead atoms. The van der Waals surface area contributed by atoms with Crippen molar-refractivity contribution < 1.29 is 27.9 Å². The normalized spacial score (nSPS) is 21.8. The average Bonchev–Trinajstić information content (AvgIpc) is 2.75. The number of ether oxygens (including phenoxy) is 1. The maximum absolute atomic E-state index is 14.3. The van der Waals surface area contributed by atoms with Crippen LogP contribution in [0.4, 0.5) is 8.78 Å². The number of rotatable bonds is 7. The minimum absolute atomic E-state index is 0.0341. The monoisotopic (exact) mass is 436 g/mol. The van der Waals surface area contributed by atoms with E-state index in [0.717, 1.165) is 18.9 Å². The van der Waals surface area contributed by atoms with E-state index in [9.17, 15) is 23.2 Å². The van der Waals surface area contributed by atoms with Gasteiger partial charge >= 0.3 is 5.97 Å². The standard InChI is InChI=1S/C23H30F2N2O4/c1-2-31-22(30)23(15-17-7-8-18(24)14-19(17)25)10-5-12-27(16-23)21(29)9-13-26-11-4-3-6-20(26)28/h7-8,14H,2-6,9-13,15-16H2,1H3/t23-/m0/s1. The van der Waals surface area contributed by atoms with Crippen molar-refractivity contribution in [2.24, 2.45) is 5.41 Å². The molecule has 1 atom stereocenters. The van der Waals surface area contributed by atoms with Gasteiger partial charge in [-0.15, -0.1) is 0 Å². The third kappa shape index (κ3) is 5.60. The second-order valence-electron chi connectivity index (χ2n) is 8.42. The SMILES string of the molecule is CCOC(=O)[C@]1(Cc2ccc(F)cc2F)CCCN(C(=O)CCN2CCCCC2=O)C1. The number of hydrogen-bond acceptors (Lipinski definition) is 4. The van der Waals surface area contributed by atoms with E-state index in [0.29, 0.717) is 38.9 Å². The van der Waals surface area contributed by atoms with Crippen molar-refractivity contribution >= 4 is 17.8 Å². The minimum Gasteiger partial charge on any atom is -0.466 e. The number of halogens is 2. The van der Waals surface area contributed by atoms with E-state index >= 15 is 0 Å². The fraction of sp³-hybridized carbons (Fsp3) is 0.609. The van der Waals surface area contributed by atoms with Gasteiger partial charge in [0, 0.05) is 45.1 Å². The van der Waals surface area contributed by atoms with Crippen LogP contribution in [0.3, 0.4) is 0 Å². The highest BCUT2D eigenvalue weighted by atomic mass is 19.1. The Labute approximate surface area is 181 Å². The van der Waals surface area contributed by atoms with Crippen LogP contribution in [0.2, 0.25) is 0 Å². The van der Waals surface area contributed by atoms with E-state index < -0.39 is 23.0 Å². The van der Waals surface area contributed by atoms with Gasteiger partial charge in [-0.1, -0.05) is 6.07 Å². The molecule has 0 spiro atoms. The molecule has 2 fully saturated rings. The second-order valence-corrected chi connectivity index (χ2v) is 8.42. The van der Waals surface area contributed by atoms with Gasteiger partial charge in [-0.2, -0.15) is 0 Å². The predicted molar refractivity (Wildman–Crippen MR) is 110 cm³/mol. The zero-order valence-corrected chi connectivity index (χ0v) is 18.0. The molecule has 31 heavy (non-hydrogen) atoms. The van der Waals surface area contributed by atoms with Gasteiger partial charge in [-0.05, 0) is 50.7 Å². The third-order valence-electron chi connectivity index (χ3n) is 6.20. The molecule has 0 radical (unpaired) electrons. The molecule has 2 aliphatic heterocycles. The summed E-state index contributed by atoms with van der Waals surface area (Å²) in [6.45, 7) is 3.54. The lowest BCUT2D eigenvalue weighted by atomic mass is 9.74. The van der Waals surface area contributed by atoms with Gasteiger partial charge < -0.3 is 14.5 Å². The Morgan fingerprint density at radius 3 is 2.68 bits per heavy atom. The molecule has 0 saturated carbocycles. The van der Waals surface area contributed by atoms with Crippen LogP contribution in [0.5, 0.6) is 0 Å². The van der Waals surface area contributed by atoms with Crippen molar-refractivity contribution in [1.29, 1.82) is 0 Å². The minimum atomic E-state index is -1.08. The number of carbonyl (C=O) groups excluding carboxylic acids is 3. The van der Waals surface area contributed by atoms with Crippen LogP contribution in [0.1, 0.15) is 51.0 Å². The van der Waals surface area contributed by atoms with Crippen LogP contribution in [-0.2, 0) is 25.5 Å². The van der Waals surface area contributed by atoms with Crippen LogP contribution in [-0.4, -0.2) is 60.4 Å². The summed E-state index contributed by atoms with van der Waals surface area (Å²) in [7, 11) is 0. The van der Waals surface area contributed by atoms with Crippen molar-refractivity contribution in [1.82, 2.24) is 9.80 Å². The van der Waals surface area contributed by atoms with E-state index in [1.165, 1.54) is 12.1 Å². The molecule has 1 aromatic rings. The Bertz CT molecular complexity index is 832. The zero-order valence-electron chi connectivity index (χ0n) is 18.0. The Morgan fingerprint density at radius 1 is 1.16 bits per heavy atom. The number of esters is 1. The number of likely N-dealkylation sites (tertiary alicyclic amines) is 2. The number of nitrogens with zero attached hydrogens (tertiary/aromatic N) is 2. The van der Waals surface area contributed by atoms with Gasteiger partial charge in [0.05, 0.1) is 12.0 Å². The molecular weight excluding hydrogens is 406 g/mol. The van der Waals surface area contributed by atoms with Crippen molar-refractivity contribution in [3.63, 3.8) is 0 Å². The van der Waals surface area contributed by atoms with Crippen LogP contribution in [0, 0.1) is 17.0 Å². The highest BCUT2D eigenvalue weighted by Gasteiger charge is 2.45. The number of amides is 2. The predicted octanol–water partition coefficient (Wildman–Crippen LogP) is 3.08. The summed E-state index contributed by atoms with van der Waals surface area (Å²) < 4.78 is 32.9. The van der Waals surface area contributed by atoms with Gasteiger partial charge in [-0.3, -0.25) is 14.4 Å². The van der Waals surface area contributed by atoms with Crippen molar-refractivity contribution in [3.05, 3.63) is 35.4 Å². The largest absolute Gasteiger partial charge is 0.466 e. The van der Waals surface area contributed by atoms with E-state index in [1.807, 2.05) is 0 Å². The number of piperidine rings is 2. The summed E-state index contributed by atoms with van der Waals surface area (Å²) in [6.07, 6.45) is 3.61. The fourth-order valence-corrected chi connectivity index (χ4v) is 4.53. The van der Waals surface area contributed by atoms with Crippen LogP contribution in [0.15, 0.2) is 18.2 Å². The smallest absolute Gasteiger partial charge is 0.314 e. The molecule has 2 aliphatic rings. The molecule has 6 nitrogen and oxygen atoms in total.